The molecular weight excluding hydrogens is 248 g/mol. The van der Waals surface area contributed by atoms with E-state index in [0.717, 1.165) is 23.9 Å². The Morgan fingerprint density at radius 2 is 2.05 bits per heavy atom. The van der Waals surface area contributed by atoms with Crippen molar-refractivity contribution in [3.63, 3.8) is 0 Å². The Morgan fingerprint density at radius 3 is 2.85 bits per heavy atom. The lowest BCUT2D eigenvalue weighted by Gasteiger charge is -2.17. The smallest absolute Gasteiger partial charge is 0.113 e. The van der Waals surface area contributed by atoms with Gasteiger partial charge in [0.15, 0.2) is 0 Å². The van der Waals surface area contributed by atoms with E-state index in [0.29, 0.717) is 0 Å². The molecule has 0 aliphatic rings. The first-order chi connectivity index (χ1) is 9.90. The van der Waals surface area contributed by atoms with Gasteiger partial charge in [-0.05, 0) is 30.2 Å². The number of pyridine rings is 1. The summed E-state index contributed by atoms with van der Waals surface area (Å²) in [6.45, 7) is 2.21. The number of benzene rings is 1. The number of para-hydroxylation sites is 1. The van der Waals surface area contributed by atoms with E-state index >= 15 is 0 Å². The van der Waals surface area contributed by atoms with Crippen molar-refractivity contribution < 1.29 is 0 Å². The molecule has 2 heterocycles. The van der Waals surface area contributed by atoms with Crippen molar-refractivity contribution in [1.82, 2.24) is 20.0 Å². The second kappa shape index (κ2) is 5.82. The van der Waals surface area contributed by atoms with Gasteiger partial charge in [-0.1, -0.05) is 43.2 Å². The average molecular weight is 266 g/mol. The van der Waals surface area contributed by atoms with Crippen molar-refractivity contribution in [2.75, 3.05) is 0 Å². The van der Waals surface area contributed by atoms with E-state index in [2.05, 4.69) is 34.4 Å². The fourth-order valence-corrected chi connectivity index (χ4v) is 2.52. The van der Waals surface area contributed by atoms with E-state index in [-0.39, 0.29) is 6.04 Å². The van der Waals surface area contributed by atoms with E-state index < -0.39 is 0 Å². The molecule has 0 saturated carbocycles. The highest BCUT2D eigenvalue weighted by Gasteiger charge is 2.17. The zero-order valence-electron chi connectivity index (χ0n) is 11.6. The predicted octanol–water partition coefficient (Wildman–Crippen LogP) is 3.61. The zero-order chi connectivity index (χ0) is 13.8. The minimum atomic E-state index is 0.205. The van der Waals surface area contributed by atoms with Crippen LogP contribution in [0, 0.1) is 0 Å². The fraction of sp³-hybridized carbons (Fsp3) is 0.312. The maximum Gasteiger partial charge on any atom is 0.113 e. The summed E-state index contributed by atoms with van der Waals surface area (Å²) < 4.78 is 2.03. The molecule has 0 saturated heterocycles. The first-order valence-corrected chi connectivity index (χ1v) is 7.10. The summed E-state index contributed by atoms with van der Waals surface area (Å²) in [4.78, 5) is 4.24. The van der Waals surface area contributed by atoms with Gasteiger partial charge in [0.2, 0.25) is 0 Å². The van der Waals surface area contributed by atoms with Crippen molar-refractivity contribution in [3.05, 3.63) is 54.4 Å². The fourth-order valence-electron chi connectivity index (χ4n) is 2.52. The Bertz CT molecular complexity index is 675. The lowest BCUT2D eigenvalue weighted by molar-refractivity contribution is 0.471. The maximum atomic E-state index is 4.36. The molecule has 0 spiro atoms. The summed E-state index contributed by atoms with van der Waals surface area (Å²) in [7, 11) is 0. The Labute approximate surface area is 118 Å². The van der Waals surface area contributed by atoms with Crippen LogP contribution in [-0.2, 0) is 0 Å². The highest BCUT2D eigenvalue weighted by Crippen LogP contribution is 2.26. The molecule has 1 aromatic carbocycles. The molecule has 4 heteroatoms. The van der Waals surface area contributed by atoms with E-state index in [1.807, 2.05) is 35.1 Å². The number of hydrogen-bond acceptors (Lipinski definition) is 3. The SMILES string of the molecule is CCCCC(c1cccnc1)n1nnc2ccccc21. The second-order valence-electron chi connectivity index (χ2n) is 4.97. The van der Waals surface area contributed by atoms with Gasteiger partial charge in [-0.2, -0.15) is 0 Å². The molecule has 102 valence electrons. The highest BCUT2D eigenvalue weighted by atomic mass is 15.4. The third kappa shape index (κ3) is 2.41. The number of unbranched alkanes of at least 4 members (excludes halogenated alkanes) is 1. The van der Waals surface area contributed by atoms with Crippen LogP contribution in [0.5, 0.6) is 0 Å². The number of nitrogens with zero attached hydrogens (tertiary/aromatic N) is 4. The Balaban J connectivity index is 2.05. The average Bonchev–Trinajstić information content (AvgIpc) is 2.93. The topological polar surface area (TPSA) is 43.6 Å². The number of rotatable bonds is 5. The first kappa shape index (κ1) is 12.8. The van der Waals surface area contributed by atoms with Gasteiger partial charge >= 0.3 is 0 Å². The van der Waals surface area contributed by atoms with Crippen LogP contribution in [0.25, 0.3) is 11.0 Å². The van der Waals surface area contributed by atoms with Gasteiger partial charge in [0.1, 0.15) is 5.52 Å². The van der Waals surface area contributed by atoms with Crippen LogP contribution < -0.4 is 0 Å². The molecule has 1 atom stereocenters. The molecule has 4 nitrogen and oxygen atoms in total. The molecule has 0 amide bonds. The number of hydrogen-bond donors (Lipinski definition) is 0. The molecule has 3 rings (SSSR count). The Hall–Kier alpha value is -2.23. The van der Waals surface area contributed by atoms with E-state index in [4.69, 9.17) is 0 Å². The highest BCUT2D eigenvalue weighted by molar-refractivity contribution is 5.74. The molecule has 0 aliphatic carbocycles. The van der Waals surface area contributed by atoms with Gasteiger partial charge < -0.3 is 0 Å². The van der Waals surface area contributed by atoms with Crippen molar-refractivity contribution in [2.24, 2.45) is 0 Å². The minimum Gasteiger partial charge on any atom is -0.264 e. The van der Waals surface area contributed by atoms with Gasteiger partial charge in [0.25, 0.3) is 0 Å². The monoisotopic (exact) mass is 266 g/mol. The van der Waals surface area contributed by atoms with Crippen LogP contribution in [0.3, 0.4) is 0 Å². The minimum absolute atomic E-state index is 0.205. The summed E-state index contributed by atoms with van der Waals surface area (Å²) in [6, 6.07) is 12.4. The van der Waals surface area contributed by atoms with Crippen LogP contribution >= 0.6 is 0 Å². The van der Waals surface area contributed by atoms with E-state index in [1.165, 1.54) is 12.0 Å². The summed E-state index contributed by atoms with van der Waals surface area (Å²) in [6.07, 6.45) is 7.11. The predicted molar refractivity (Wildman–Crippen MR) is 79.4 cm³/mol. The van der Waals surface area contributed by atoms with Gasteiger partial charge in [0, 0.05) is 12.4 Å². The lowest BCUT2D eigenvalue weighted by atomic mass is 10.0. The van der Waals surface area contributed by atoms with Gasteiger partial charge in [0.05, 0.1) is 11.6 Å². The first-order valence-electron chi connectivity index (χ1n) is 7.10. The van der Waals surface area contributed by atoms with Crippen LogP contribution in [0.2, 0.25) is 0 Å². The second-order valence-corrected chi connectivity index (χ2v) is 4.97. The molecule has 2 aromatic heterocycles. The van der Waals surface area contributed by atoms with Gasteiger partial charge in [-0.3, -0.25) is 4.98 Å². The van der Waals surface area contributed by atoms with Crippen molar-refractivity contribution in [1.29, 1.82) is 0 Å². The van der Waals surface area contributed by atoms with Gasteiger partial charge in [-0.25, -0.2) is 4.68 Å². The van der Waals surface area contributed by atoms with Crippen molar-refractivity contribution in [2.45, 2.75) is 32.2 Å². The van der Waals surface area contributed by atoms with Crippen LogP contribution in [0.15, 0.2) is 48.8 Å². The van der Waals surface area contributed by atoms with Crippen LogP contribution in [0.4, 0.5) is 0 Å². The largest absolute Gasteiger partial charge is 0.264 e. The van der Waals surface area contributed by atoms with E-state index in [9.17, 15) is 0 Å². The molecule has 3 aromatic rings. The zero-order valence-corrected chi connectivity index (χ0v) is 11.6. The Morgan fingerprint density at radius 1 is 1.15 bits per heavy atom. The standard InChI is InChI=1S/C16H18N4/c1-2-3-9-15(13-7-6-11-17-12-13)20-16-10-5-4-8-14(16)18-19-20/h4-8,10-12,15H,2-3,9H2,1H3. The van der Waals surface area contributed by atoms with Crippen molar-refractivity contribution in [3.8, 4) is 0 Å². The number of fused-ring (bicyclic) bond motifs is 1. The third-order valence-corrected chi connectivity index (χ3v) is 3.57. The Kier molecular flexibility index (Phi) is 3.72. The molecule has 0 N–H and O–H groups in total. The molecule has 0 radical (unpaired) electrons. The molecular formula is C16H18N4. The summed E-state index contributed by atoms with van der Waals surface area (Å²) in [5, 5.41) is 8.63. The van der Waals surface area contributed by atoms with E-state index in [1.54, 1.807) is 6.20 Å². The summed E-state index contributed by atoms with van der Waals surface area (Å²) in [5.74, 6) is 0. The molecule has 1 unspecified atom stereocenters. The molecule has 20 heavy (non-hydrogen) atoms. The molecule has 0 fully saturated rings. The quantitative estimate of drug-likeness (QED) is 0.708. The molecule has 0 aliphatic heterocycles. The maximum absolute atomic E-state index is 4.36. The third-order valence-electron chi connectivity index (χ3n) is 3.57. The van der Waals surface area contributed by atoms with Crippen LogP contribution in [0.1, 0.15) is 37.8 Å². The van der Waals surface area contributed by atoms with Crippen molar-refractivity contribution >= 4 is 11.0 Å². The lowest BCUT2D eigenvalue weighted by Crippen LogP contribution is -2.12. The van der Waals surface area contributed by atoms with Gasteiger partial charge in [-0.15, -0.1) is 5.10 Å². The summed E-state index contributed by atoms with van der Waals surface area (Å²) in [5.41, 5.74) is 3.21. The number of aromatic nitrogens is 4. The summed E-state index contributed by atoms with van der Waals surface area (Å²) >= 11 is 0. The van der Waals surface area contributed by atoms with Crippen LogP contribution in [-0.4, -0.2) is 20.0 Å². The molecule has 0 bridgehead atoms. The normalized spacial score (nSPS) is 12.7.